The standard InChI is InChI=1S/C27H24N6S/c1-15(2)29-18-11-17(13-28-14-18)21-8-9-23-26(31-21)27(33-32-23)24-12-20-19(5-4-6-22(20)30-24)25-10-7-16(3)34-25/h4-15,29-30H,1-3H3,(H,32,33). The number of anilines is 1. The fraction of sp³-hybridized carbons (Fsp3) is 0.148. The van der Waals surface area contributed by atoms with E-state index in [2.05, 4.69) is 88.7 Å². The molecule has 0 unspecified atom stereocenters. The van der Waals surface area contributed by atoms with E-state index >= 15 is 0 Å². The second kappa shape index (κ2) is 8.11. The number of aromatic amines is 2. The smallest absolute Gasteiger partial charge is 0.135 e. The van der Waals surface area contributed by atoms with Crippen molar-refractivity contribution in [2.75, 3.05) is 5.32 Å². The summed E-state index contributed by atoms with van der Waals surface area (Å²) in [6, 6.07) is 19.4. The maximum absolute atomic E-state index is 4.98. The Balaban J connectivity index is 1.45. The van der Waals surface area contributed by atoms with Gasteiger partial charge in [0.25, 0.3) is 0 Å². The van der Waals surface area contributed by atoms with Gasteiger partial charge >= 0.3 is 0 Å². The zero-order valence-electron chi connectivity index (χ0n) is 19.2. The average Bonchev–Trinajstić information content (AvgIpc) is 3.55. The van der Waals surface area contributed by atoms with E-state index in [1.54, 1.807) is 0 Å². The first-order chi connectivity index (χ1) is 16.5. The van der Waals surface area contributed by atoms with Crippen molar-refractivity contribution in [1.29, 1.82) is 0 Å². The van der Waals surface area contributed by atoms with Gasteiger partial charge in [-0.25, -0.2) is 4.98 Å². The van der Waals surface area contributed by atoms with Gasteiger partial charge in [0, 0.05) is 50.2 Å². The van der Waals surface area contributed by atoms with Crippen molar-refractivity contribution in [1.82, 2.24) is 25.1 Å². The number of aromatic nitrogens is 5. The monoisotopic (exact) mass is 464 g/mol. The summed E-state index contributed by atoms with van der Waals surface area (Å²) in [5.41, 5.74) is 8.61. The number of hydrogen-bond donors (Lipinski definition) is 3. The highest BCUT2D eigenvalue weighted by molar-refractivity contribution is 7.15. The molecule has 168 valence electrons. The van der Waals surface area contributed by atoms with Crippen LogP contribution in [0, 0.1) is 6.92 Å². The quantitative estimate of drug-likeness (QED) is 0.256. The van der Waals surface area contributed by atoms with Crippen LogP contribution in [0.5, 0.6) is 0 Å². The Bertz CT molecular complexity index is 1640. The Kier molecular flexibility index (Phi) is 4.92. The minimum absolute atomic E-state index is 0.331. The molecule has 0 aliphatic heterocycles. The topological polar surface area (TPSA) is 82.3 Å². The molecule has 0 aliphatic rings. The number of pyridine rings is 2. The number of aryl methyl sites for hydroxylation is 1. The van der Waals surface area contributed by atoms with Crippen LogP contribution >= 0.6 is 11.3 Å². The lowest BCUT2D eigenvalue weighted by atomic mass is 10.1. The number of nitrogens with zero attached hydrogens (tertiary/aromatic N) is 3. The minimum atomic E-state index is 0.331. The van der Waals surface area contributed by atoms with Crippen molar-refractivity contribution < 1.29 is 0 Å². The third-order valence-corrected chi connectivity index (χ3v) is 6.86. The van der Waals surface area contributed by atoms with Crippen molar-refractivity contribution in [3.05, 3.63) is 71.9 Å². The van der Waals surface area contributed by atoms with Crippen LogP contribution in [0.3, 0.4) is 0 Å². The van der Waals surface area contributed by atoms with Gasteiger partial charge in [0.05, 0.1) is 22.6 Å². The molecule has 0 amide bonds. The molecule has 0 bridgehead atoms. The van der Waals surface area contributed by atoms with Gasteiger partial charge in [0.15, 0.2) is 0 Å². The molecule has 0 atom stereocenters. The molecule has 5 aromatic heterocycles. The third kappa shape index (κ3) is 3.64. The van der Waals surface area contributed by atoms with E-state index in [4.69, 9.17) is 4.98 Å². The summed E-state index contributed by atoms with van der Waals surface area (Å²) in [5, 5.41) is 12.3. The van der Waals surface area contributed by atoms with Crippen LogP contribution in [0.15, 0.2) is 67.0 Å². The maximum atomic E-state index is 4.98. The Morgan fingerprint density at radius 3 is 2.71 bits per heavy atom. The number of H-pyrrole nitrogens is 2. The van der Waals surface area contributed by atoms with Crippen molar-refractivity contribution in [3.63, 3.8) is 0 Å². The Morgan fingerprint density at radius 2 is 1.88 bits per heavy atom. The second-order valence-electron chi connectivity index (χ2n) is 8.79. The molecule has 34 heavy (non-hydrogen) atoms. The molecule has 0 fully saturated rings. The first kappa shape index (κ1) is 20.6. The highest BCUT2D eigenvalue weighted by atomic mass is 32.1. The van der Waals surface area contributed by atoms with E-state index in [1.807, 2.05) is 35.9 Å². The van der Waals surface area contributed by atoms with Gasteiger partial charge in [-0.3, -0.25) is 10.1 Å². The second-order valence-corrected chi connectivity index (χ2v) is 10.1. The highest BCUT2D eigenvalue weighted by Gasteiger charge is 2.16. The molecule has 6 aromatic rings. The summed E-state index contributed by atoms with van der Waals surface area (Å²) >= 11 is 1.81. The molecule has 1 aromatic carbocycles. The van der Waals surface area contributed by atoms with Crippen molar-refractivity contribution >= 4 is 39.0 Å². The molecule has 0 spiro atoms. The van der Waals surface area contributed by atoms with Gasteiger partial charge in [-0.05, 0) is 63.2 Å². The van der Waals surface area contributed by atoms with Crippen LogP contribution in [0.1, 0.15) is 18.7 Å². The maximum Gasteiger partial charge on any atom is 0.135 e. The highest BCUT2D eigenvalue weighted by Crippen LogP contribution is 2.36. The molecule has 0 saturated heterocycles. The molecular weight excluding hydrogens is 440 g/mol. The molecule has 0 aliphatic carbocycles. The fourth-order valence-corrected chi connectivity index (χ4v) is 5.22. The third-order valence-electron chi connectivity index (χ3n) is 5.82. The lowest BCUT2D eigenvalue weighted by Crippen LogP contribution is -2.09. The predicted molar refractivity (Wildman–Crippen MR) is 141 cm³/mol. The van der Waals surface area contributed by atoms with E-state index in [9.17, 15) is 0 Å². The van der Waals surface area contributed by atoms with Crippen LogP contribution in [-0.4, -0.2) is 31.2 Å². The van der Waals surface area contributed by atoms with Gasteiger partial charge in [0.1, 0.15) is 11.2 Å². The number of nitrogens with one attached hydrogen (secondary N) is 3. The van der Waals surface area contributed by atoms with Crippen LogP contribution in [-0.2, 0) is 0 Å². The van der Waals surface area contributed by atoms with Crippen LogP contribution < -0.4 is 5.32 Å². The Morgan fingerprint density at radius 1 is 0.971 bits per heavy atom. The van der Waals surface area contributed by atoms with E-state index in [0.29, 0.717) is 6.04 Å². The predicted octanol–water partition coefficient (Wildman–Crippen LogP) is 7.03. The van der Waals surface area contributed by atoms with Crippen molar-refractivity contribution in [2.24, 2.45) is 0 Å². The SMILES string of the molecule is Cc1ccc(-c2cccc3[nH]c(-c4n[nH]c5ccc(-c6cncc(NC(C)C)c6)nc45)cc23)s1. The molecule has 5 heterocycles. The summed E-state index contributed by atoms with van der Waals surface area (Å²) < 4.78 is 0. The number of fused-ring (bicyclic) bond motifs is 2. The lowest BCUT2D eigenvalue weighted by Gasteiger charge is -2.10. The summed E-state index contributed by atoms with van der Waals surface area (Å²) in [6.45, 7) is 6.36. The molecular formula is C27H24N6S. The van der Waals surface area contributed by atoms with Gasteiger partial charge in [-0.1, -0.05) is 12.1 Å². The largest absolute Gasteiger partial charge is 0.382 e. The van der Waals surface area contributed by atoms with E-state index in [0.717, 1.165) is 44.9 Å². The van der Waals surface area contributed by atoms with E-state index < -0.39 is 0 Å². The van der Waals surface area contributed by atoms with Gasteiger partial charge in [-0.2, -0.15) is 5.10 Å². The van der Waals surface area contributed by atoms with Gasteiger partial charge in [0.2, 0.25) is 0 Å². The number of benzene rings is 1. The average molecular weight is 465 g/mol. The fourth-order valence-electron chi connectivity index (χ4n) is 4.32. The first-order valence-corrected chi connectivity index (χ1v) is 12.1. The zero-order valence-corrected chi connectivity index (χ0v) is 20.0. The Labute approximate surface area is 201 Å². The number of hydrogen-bond acceptors (Lipinski definition) is 5. The van der Waals surface area contributed by atoms with Crippen LogP contribution in [0.25, 0.3) is 55.0 Å². The molecule has 3 N–H and O–H groups in total. The van der Waals surface area contributed by atoms with Crippen LogP contribution in [0.2, 0.25) is 0 Å². The van der Waals surface area contributed by atoms with E-state index in [1.165, 1.54) is 20.7 Å². The molecule has 0 radical (unpaired) electrons. The minimum Gasteiger partial charge on any atom is -0.382 e. The molecule has 0 saturated carbocycles. The number of thiophene rings is 1. The van der Waals surface area contributed by atoms with Gasteiger partial charge in [-0.15, -0.1) is 11.3 Å². The Hall–Kier alpha value is -3.97. The summed E-state index contributed by atoms with van der Waals surface area (Å²) in [5.74, 6) is 0. The van der Waals surface area contributed by atoms with Gasteiger partial charge < -0.3 is 10.3 Å². The van der Waals surface area contributed by atoms with Crippen LogP contribution in [0.4, 0.5) is 5.69 Å². The summed E-state index contributed by atoms with van der Waals surface area (Å²) in [7, 11) is 0. The van der Waals surface area contributed by atoms with Crippen molar-refractivity contribution in [2.45, 2.75) is 26.8 Å². The number of rotatable bonds is 5. The first-order valence-electron chi connectivity index (χ1n) is 11.3. The van der Waals surface area contributed by atoms with E-state index in [-0.39, 0.29) is 0 Å². The zero-order chi connectivity index (χ0) is 23.2. The molecule has 6 nitrogen and oxygen atoms in total. The summed E-state index contributed by atoms with van der Waals surface area (Å²) in [6.07, 6.45) is 3.68. The lowest BCUT2D eigenvalue weighted by molar-refractivity contribution is 0.898. The normalized spacial score (nSPS) is 11.6. The van der Waals surface area contributed by atoms with Crippen molar-refractivity contribution in [3.8, 4) is 33.1 Å². The molecule has 7 heteroatoms. The summed E-state index contributed by atoms with van der Waals surface area (Å²) in [4.78, 5) is 15.5. The molecule has 6 rings (SSSR count).